The Hall–Kier alpha value is -0.370. The van der Waals surface area contributed by atoms with Crippen LogP contribution in [0.3, 0.4) is 0 Å². The minimum absolute atomic E-state index is 0.313. The molecule has 0 bridgehead atoms. The van der Waals surface area contributed by atoms with Gasteiger partial charge in [-0.3, -0.25) is 4.79 Å². The Bertz CT molecular complexity index is 231. The van der Waals surface area contributed by atoms with Gasteiger partial charge in [-0.2, -0.15) is 0 Å². The topological polar surface area (TPSA) is 43.1 Å². The van der Waals surface area contributed by atoms with Crippen LogP contribution >= 0.6 is 0 Å². The first-order valence-electron chi connectivity index (χ1n) is 7.06. The maximum atomic E-state index is 12.5. The number of nitrogens with two attached hydrogens (primary N) is 1. The summed E-state index contributed by atoms with van der Waals surface area (Å²) in [7, 11) is 0. The standard InChI is InChI=1S/C14H25NO/c15-10-12-8-5-9-13(12)14(16)11-6-3-1-2-4-7-11/h11-13H,1-10,15H2. The van der Waals surface area contributed by atoms with Crippen molar-refractivity contribution in [1.29, 1.82) is 0 Å². The second-order valence-corrected chi connectivity index (χ2v) is 5.62. The normalized spacial score (nSPS) is 32.6. The lowest BCUT2D eigenvalue weighted by Crippen LogP contribution is -2.29. The monoisotopic (exact) mass is 223 g/mol. The molecule has 0 spiro atoms. The van der Waals surface area contributed by atoms with Crippen molar-refractivity contribution in [3.05, 3.63) is 0 Å². The molecular weight excluding hydrogens is 198 g/mol. The summed E-state index contributed by atoms with van der Waals surface area (Å²) in [4.78, 5) is 12.5. The fourth-order valence-electron chi connectivity index (χ4n) is 3.56. The Balaban J connectivity index is 1.94. The molecule has 92 valence electrons. The third-order valence-electron chi connectivity index (χ3n) is 4.58. The first-order valence-corrected chi connectivity index (χ1v) is 7.06. The largest absolute Gasteiger partial charge is 0.330 e. The number of hydrogen-bond donors (Lipinski definition) is 1. The zero-order valence-electron chi connectivity index (χ0n) is 10.3. The summed E-state index contributed by atoms with van der Waals surface area (Å²) in [5.41, 5.74) is 5.77. The van der Waals surface area contributed by atoms with Crippen LogP contribution in [-0.4, -0.2) is 12.3 Å². The van der Waals surface area contributed by atoms with Gasteiger partial charge in [0.2, 0.25) is 0 Å². The lowest BCUT2D eigenvalue weighted by atomic mass is 9.82. The molecule has 2 atom stereocenters. The van der Waals surface area contributed by atoms with Crippen LogP contribution < -0.4 is 5.73 Å². The minimum Gasteiger partial charge on any atom is -0.330 e. The van der Waals surface area contributed by atoms with Gasteiger partial charge in [0.15, 0.2) is 0 Å². The number of carbonyl (C=O) groups is 1. The Kier molecular flexibility index (Phi) is 4.39. The van der Waals surface area contributed by atoms with Gasteiger partial charge in [0.05, 0.1) is 0 Å². The Morgan fingerprint density at radius 2 is 1.62 bits per heavy atom. The van der Waals surface area contributed by atoms with Gasteiger partial charge in [0.1, 0.15) is 5.78 Å². The van der Waals surface area contributed by atoms with Gasteiger partial charge in [-0.15, -0.1) is 0 Å². The molecule has 0 aromatic carbocycles. The van der Waals surface area contributed by atoms with Crippen LogP contribution in [0.25, 0.3) is 0 Å². The van der Waals surface area contributed by atoms with Crippen LogP contribution in [0.15, 0.2) is 0 Å². The highest BCUT2D eigenvalue weighted by atomic mass is 16.1. The van der Waals surface area contributed by atoms with E-state index < -0.39 is 0 Å². The van der Waals surface area contributed by atoms with Crippen molar-refractivity contribution >= 4 is 5.78 Å². The second-order valence-electron chi connectivity index (χ2n) is 5.62. The van der Waals surface area contributed by atoms with E-state index in [2.05, 4.69) is 0 Å². The van der Waals surface area contributed by atoms with Crippen molar-refractivity contribution in [1.82, 2.24) is 0 Å². The molecule has 2 N–H and O–H groups in total. The highest BCUT2D eigenvalue weighted by Crippen LogP contribution is 2.36. The van der Waals surface area contributed by atoms with Crippen LogP contribution in [0.2, 0.25) is 0 Å². The fraction of sp³-hybridized carbons (Fsp3) is 0.929. The minimum atomic E-state index is 0.313. The summed E-state index contributed by atoms with van der Waals surface area (Å²) >= 11 is 0. The first-order chi connectivity index (χ1) is 7.83. The van der Waals surface area contributed by atoms with Crippen molar-refractivity contribution < 1.29 is 4.79 Å². The van der Waals surface area contributed by atoms with Gasteiger partial charge in [-0.05, 0) is 38.1 Å². The molecule has 0 radical (unpaired) electrons. The number of rotatable bonds is 3. The lowest BCUT2D eigenvalue weighted by molar-refractivity contribution is -0.128. The SMILES string of the molecule is NCC1CCCC1C(=O)C1CCCCCC1. The van der Waals surface area contributed by atoms with Gasteiger partial charge in [-0.1, -0.05) is 32.1 Å². The highest BCUT2D eigenvalue weighted by Gasteiger charge is 2.35. The first kappa shape index (κ1) is 12.1. The fourth-order valence-corrected chi connectivity index (χ4v) is 3.56. The number of hydrogen-bond acceptors (Lipinski definition) is 2. The van der Waals surface area contributed by atoms with Crippen molar-refractivity contribution in [2.24, 2.45) is 23.5 Å². The smallest absolute Gasteiger partial charge is 0.139 e. The van der Waals surface area contributed by atoms with Crippen LogP contribution in [0.5, 0.6) is 0 Å². The Morgan fingerprint density at radius 1 is 0.938 bits per heavy atom. The molecule has 2 aliphatic rings. The summed E-state index contributed by atoms with van der Waals surface area (Å²) in [5, 5.41) is 0. The van der Waals surface area contributed by atoms with E-state index in [9.17, 15) is 4.79 Å². The quantitative estimate of drug-likeness (QED) is 0.748. The molecule has 0 aromatic heterocycles. The third-order valence-corrected chi connectivity index (χ3v) is 4.58. The predicted octanol–water partition coefficient (Wildman–Crippen LogP) is 2.90. The Labute approximate surface area is 99.0 Å². The molecule has 2 unspecified atom stereocenters. The van der Waals surface area contributed by atoms with E-state index in [0.717, 1.165) is 19.3 Å². The van der Waals surface area contributed by atoms with Crippen molar-refractivity contribution in [3.63, 3.8) is 0 Å². The average Bonchev–Trinajstić information content (AvgIpc) is 2.61. The molecule has 2 fully saturated rings. The summed E-state index contributed by atoms with van der Waals surface area (Å²) in [5.74, 6) is 1.75. The number of carbonyl (C=O) groups excluding carboxylic acids is 1. The van der Waals surface area contributed by atoms with Crippen LogP contribution in [0, 0.1) is 17.8 Å². The van der Waals surface area contributed by atoms with Crippen LogP contribution in [0.4, 0.5) is 0 Å². The maximum Gasteiger partial charge on any atom is 0.139 e. The Morgan fingerprint density at radius 3 is 2.25 bits per heavy atom. The van der Waals surface area contributed by atoms with E-state index in [-0.39, 0.29) is 0 Å². The highest BCUT2D eigenvalue weighted by molar-refractivity contribution is 5.84. The molecule has 2 saturated carbocycles. The summed E-state index contributed by atoms with van der Waals surface area (Å²) < 4.78 is 0. The second kappa shape index (κ2) is 5.81. The molecule has 0 amide bonds. The van der Waals surface area contributed by atoms with Gasteiger partial charge in [0.25, 0.3) is 0 Å². The maximum absolute atomic E-state index is 12.5. The summed E-state index contributed by atoms with van der Waals surface area (Å²) in [6.45, 7) is 0.711. The van der Waals surface area contributed by atoms with Gasteiger partial charge >= 0.3 is 0 Å². The molecule has 2 nitrogen and oxygen atoms in total. The molecule has 16 heavy (non-hydrogen) atoms. The molecule has 2 rings (SSSR count). The van der Waals surface area contributed by atoms with E-state index in [4.69, 9.17) is 5.73 Å². The summed E-state index contributed by atoms with van der Waals surface area (Å²) in [6.07, 6.45) is 11.0. The average molecular weight is 223 g/mol. The van der Waals surface area contributed by atoms with Crippen molar-refractivity contribution in [3.8, 4) is 0 Å². The van der Waals surface area contributed by atoms with Gasteiger partial charge in [0, 0.05) is 11.8 Å². The van der Waals surface area contributed by atoms with E-state index in [1.54, 1.807) is 0 Å². The molecule has 0 aliphatic heterocycles. The zero-order valence-corrected chi connectivity index (χ0v) is 10.3. The number of Topliss-reactive ketones (excluding diaryl/α,β-unsaturated/α-hetero) is 1. The van der Waals surface area contributed by atoms with Gasteiger partial charge in [-0.25, -0.2) is 0 Å². The molecule has 0 heterocycles. The lowest BCUT2D eigenvalue weighted by Gasteiger charge is -2.22. The predicted molar refractivity (Wildman–Crippen MR) is 66.1 cm³/mol. The molecule has 0 saturated heterocycles. The molecule has 2 aliphatic carbocycles. The molecular formula is C14H25NO. The summed E-state index contributed by atoms with van der Waals surface area (Å²) in [6, 6.07) is 0. The van der Waals surface area contributed by atoms with E-state index in [0.29, 0.717) is 30.1 Å². The van der Waals surface area contributed by atoms with E-state index in [1.165, 1.54) is 38.5 Å². The molecule has 2 heteroatoms. The van der Waals surface area contributed by atoms with Crippen LogP contribution in [0.1, 0.15) is 57.8 Å². The zero-order chi connectivity index (χ0) is 11.4. The van der Waals surface area contributed by atoms with E-state index >= 15 is 0 Å². The molecule has 0 aromatic rings. The van der Waals surface area contributed by atoms with Crippen molar-refractivity contribution in [2.75, 3.05) is 6.54 Å². The van der Waals surface area contributed by atoms with Crippen molar-refractivity contribution in [2.45, 2.75) is 57.8 Å². The van der Waals surface area contributed by atoms with Gasteiger partial charge < -0.3 is 5.73 Å². The third kappa shape index (κ3) is 2.65. The van der Waals surface area contributed by atoms with E-state index in [1.807, 2.05) is 0 Å². The van der Waals surface area contributed by atoms with Crippen LogP contribution in [-0.2, 0) is 4.79 Å². The number of ketones is 1.